The first-order chi connectivity index (χ1) is 8.83. The molecule has 0 aliphatic heterocycles. The molecule has 1 amide bonds. The van der Waals surface area contributed by atoms with Crippen molar-refractivity contribution in [3.8, 4) is 0 Å². The monoisotopic (exact) mass is 249 g/mol. The number of hydrogen-bond acceptors (Lipinski definition) is 4. The van der Waals surface area contributed by atoms with Gasteiger partial charge in [0, 0.05) is 12.7 Å². The zero-order chi connectivity index (χ0) is 12.8. The molecule has 2 N–H and O–H groups in total. The van der Waals surface area contributed by atoms with Crippen LogP contribution in [0.2, 0.25) is 0 Å². The van der Waals surface area contributed by atoms with Gasteiger partial charge in [0.1, 0.15) is 0 Å². The highest BCUT2D eigenvalue weighted by Gasteiger charge is 2.11. The molecule has 0 aliphatic carbocycles. The van der Waals surface area contributed by atoms with Crippen LogP contribution in [0.25, 0.3) is 5.52 Å². The van der Waals surface area contributed by atoms with Crippen molar-refractivity contribution < 1.29 is 14.6 Å². The van der Waals surface area contributed by atoms with E-state index in [0.717, 1.165) is 5.52 Å². The van der Waals surface area contributed by atoms with Crippen LogP contribution in [0.15, 0.2) is 30.6 Å². The van der Waals surface area contributed by atoms with Crippen molar-refractivity contribution in [1.29, 1.82) is 0 Å². The summed E-state index contributed by atoms with van der Waals surface area (Å²) in [6, 6.07) is 5.55. The number of aromatic nitrogens is 2. The SMILES string of the molecule is O=C(NCCOCCO)c1cnn2ccccc12. The Kier molecular flexibility index (Phi) is 4.27. The van der Waals surface area contributed by atoms with Crippen LogP contribution >= 0.6 is 0 Å². The molecule has 0 saturated carbocycles. The molecular weight excluding hydrogens is 234 g/mol. The molecule has 18 heavy (non-hydrogen) atoms. The lowest BCUT2D eigenvalue weighted by atomic mass is 10.2. The summed E-state index contributed by atoms with van der Waals surface area (Å²) in [5, 5.41) is 15.3. The van der Waals surface area contributed by atoms with E-state index in [-0.39, 0.29) is 19.1 Å². The summed E-state index contributed by atoms with van der Waals surface area (Å²) in [5.41, 5.74) is 1.31. The van der Waals surface area contributed by atoms with Gasteiger partial charge in [0.05, 0.1) is 37.1 Å². The van der Waals surface area contributed by atoms with Crippen LogP contribution in [0.5, 0.6) is 0 Å². The molecule has 0 bridgehead atoms. The smallest absolute Gasteiger partial charge is 0.255 e. The van der Waals surface area contributed by atoms with Gasteiger partial charge in [0.25, 0.3) is 5.91 Å². The fraction of sp³-hybridized carbons (Fsp3) is 0.333. The number of aliphatic hydroxyl groups is 1. The van der Waals surface area contributed by atoms with Crippen LogP contribution in [-0.4, -0.2) is 47.0 Å². The van der Waals surface area contributed by atoms with Crippen LogP contribution in [0.1, 0.15) is 10.4 Å². The highest BCUT2D eigenvalue weighted by molar-refractivity contribution is 6.00. The number of hydrogen-bond donors (Lipinski definition) is 2. The summed E-state index contributed by atoms with van der Waals surface area (Å²) in [7, 11) is 0. The van der Waals surface area contributed by atoms with Gasteiger partial charge in [0.2, 0.25) is 0 Å². The molecule has 0 spiro atoms. The zero-order valence-corrected chi connectivity index (χ0v) is 9.87. The molecule has 2 aromatic heterocycles. The average molecular weight is 249 g/mol. The van der Waals surface area contributed by atoms with Gasteiger partial charge in [-0.3, -0.25) is 4.79 Å². The van der Waals surface area contributed by atoms with Crippen molar-refractivity contribution in [1.82, 2.24) is 14.9 Å². The summed E-state index contributed by atoms with van der Waals surface area (Å²) in [4.78, 5) is 11.9. The standard InChI is InChI=1S/C12H15N3O3/c16-6-8-18-7-4-13-12(17)10-9-14-15-5-2-1-3-11(10)15/h1-3,5,9,16H,4,6-8H2,(H,13,17). The van der Waals surface area contributed by atoms with Crippen LogP contribution in [0.4, 0.5) is 0 Å². The van der Waals surface area contributed by atoms with Crippen LogP contribution in [0.3, 0.4) is 0 Å². The fourth-order valence-corrected chi connectivity index (χ4v) is 1.61. The Bertz CT molecular complexity index is 524. The van der Waals surface area contributed by atoms with E-state index in [4.69, 9.17) is 9.84 Å². The number of rotatable bonds is 6. The third-order valence-electron chi connectivity index (χ3n) is 2.44. The number of nitrogens with one attached hydrogen (secondary N) is 1. The molecule has 2 heterocycles. The molecule has 96 valence electrons. The molecule has 0 aromatic carbocycles. The van der Waals surface area contributed by atoms with Gasteiger partial charge in [-0.15, -0.1) is 0 Å². The van der Waals surface area contributed by atoms with Crippen molar-refractivity contribution >= 4 is 11.4 Å². The minimum Gasteiger partial charge on any atom is -0.394 e. The minimum atomic E-state index is -0.177. The van der Waals surface area contributed by atoms with E-state index in [1.54, 1.807) is 16.9 Å². The lowest BCUT2D eigenvalue weighted by Crippen LogP contribution is -2.27. The lowest BCUT2D eigenvalue weighted by molar-refractivity contribution is 0.0839. The predicted molar refractivity (Wildman–Crippen MR) is 65.4 cm³/mol. The molecule has 6 heteroatoms. The van der Waals surface area contributed by atoms with Gasteiger partial charge in [-0.2, -0.15) is 5.10 Å². The molecule has 0 radical (unpaired) electrons. The molecule has 0 saturated heterocycles. The zero-order valence-electron chi connectivity index (χ0n) is 9.87. The third kappa shape index (κ3) is 2.85. The van der Waals surface area contributed by atoms with E-state index in [0.29, 0.717) is 18.7 Å². The summed E-state index contributed by atoms with van der Waals surface area (Å²) in [6.07, 6.45) is 3.33. The molecule has 0 unspecified atom stereocenters. The summed E-state index contributed by atoms with van der Waals surface area (Å²) >= 11 is 0. The second-order valence-electron chi connectivity index (χ2n) is 3.68. The first kappa shape index (κ1) is 12.5. The Labute approximate surface area is 104 Å². The number of ether oxygens (including phenoxy) is 1. The number of amides is 1. The first-order valence-electron chi connectivity index (χ1n) is 5.72. The van der Waals surface area contributed by atoms with Gasteiger partial charge < -0.3 is 15.2 Å². The maximum Gasteiger partial charge on any atom is 0.255 e. The van der Waals surface area contributed by atoms with E-state index in [1.807, 2.05) is 18.2 Å². The Hall–Kier alpha value is -1.92. The fourth-order valence-electron chi connectivity index (χ4n) is 1.61. The molecule has 2 rings (SSSR count). The summed E-state index contributed by atoms with van der Waals surface area (Å²) < 4.78 is 6.70. The van der Waals surface area contributed by atoms with Crippen LogP contribution < -0.4 is 5.32 Å². The predicted octanol–water partition coefficient (Wildman–Crippen LogP) is 0.0730. The molecule has 0 atom stereocenters. The Morgan fingerprint density at radius 1 is 1.44 bits per heavy atom. The van der Waals surface area contributed by atoms with Crippen molar-refractivity contribution in [3.63, 3.8) is 0 Å². The van der Waals surface area contributed by atoms with Gasteiger partial charge in [-0.25, -0.2) is 4.52 Å². The number of nitrogens with zero attached hydrogens (tertiary/aromatic N) is 2. The maximum atomic E-state index is 11.9. The molecule has 0 fully saturated rings. The molecule has 0 aliphatic rings. The second-order valence-corrected chi connectivity index (χ2v) is 3.68. The van der Waals surface area contributed by atoms with Crippen molar-refractivity contribution in [3.05, 3.63) is 36.2 Å². The summed E-state index contributed by atoms with van der Waals surface area (Å²) in [5.74, 6) is -0.177. The quantitative estimate of drug-likeness (QED) is 0.710. The van der Waals surface area contributed by atoms with Gasteiger partial charge in [-0.05, 0) is 12.1 Å². The van der Waals surface area contributed by atoms with Gasteiger partial charge in [-0.1, -0.05) is 6.07 Å². The molecule has 2 aromatic rings. The topological polar surface area (TPSA) is 75.9 Å². The maximum absolute atomic E-state index is 11.9. The van der Waals surface area contributed by atoms with Crippen LogP contribution in [-0.2, 0) is 4.74 Å². The largest absolute Gasteiger partial charge is 0.394 e. The van der Waals surface area contributed by atoms with E-state index < -0.39 is 0 Å². The number of pyridine rings is 1. The minimum absolute atomic E-state index is 0.0119. The Morgan fingerprint density at radius 2 is 2.33 bits per heavy atom. The highest BCUT2D eigenvalue weighted by Crippen LogP contribution is 2.09. The normalized spacial score (nSPS) is 10.7. The number of carbonyl (C=O) groups is 1. The van der Waals surface area contributed by atoms with Crippen LogP contribution in [0, 0.1) is 0 Å². The number of carbonyl (C=O) groups excluding carboxylic acids is 1. The van der Waals surface area contributed by atoms with Crippen molar-refractivity contribution in [2.24, 2.45) is 0 Å². The number of aliphatic hydroxyl groups excluding tert-OH is 1. The van der Waals surface area contributed by atoms with Gasteiger partial charge >= 0.3 is 0 Å². The summed E-state index contributed by atoms with van der Waals surface area (Å²) in [6.45, 7) is 1.06. The van der Waals surface area contributed by atoms with E-state index in [2.05, 4.69) is 10.4 Å². The Balaban J connectivity index is 1.93. The number of fused-ring (bicyclic) bond motifs is 1. The first-order valence-corrected chi connectivity index (χ1v) is 5.72. The van der Waals surface area contributed by atoms with Crippen molar-refractivity contribution in [2.75, 3.05) is 26.4 Å². The third-order valence-corrected chi connectivity index (χ3v) is 2.44. The van der Waals surface area contributed by atoms with Crippen molar-refractivity contribution in [2.45, 2.75) is 0 Å². The van der Waals surface area contributed by atoms with Gasteiger partial charge in [0.15, 0.2) is 0 Å². The molecular formula is C12H15N3O3. The second kappa shape index (κ2) is 6.13. The van der Waals surface area contributed by atoms with E-state index in [1.165, 1.54) is 0 Å². The van der Waals surface area contributed by atoms with E-state index >= 15 is 0 Å². The highest BCUT2D eigenvalue weighted by atomic mass is 16.5. The lowest BCUT2D eigenvalue weighted by Gasteiger charge is -2.04. The average Bonchev–Trinajstić information content (AvgIpc) is 2.82. The Morgan fingerprint density at radius 3 is 3.17 bits per heavy atom. The van der Waals surface area contributed by atoms with E-state index in [9.17, 15) is 4.79 Å². The molecule has 6 nitrogen and oxygen atoms in total.